The van der Waals surface area contributed by atoms with E-state index in [1.807, 2.05) is 0 Å². The van der Waals surface area contributed by atoms with Gasteiger partial charge in [-0.2, -0.15) is 13.2 Å². The number of hydrogen-bond donors (Lipinski definition) is 1. The maximum absolute atomic E-state index is 13.5. The Morgan fingerprint density at radius 1 is 1.16 bits per heavy atom. The number of halogens is 4. The summed E-state index contributed by atoms with van der Waals surface area (Å²) >= 11 is 0. The second-order valence-corrected chi connectivity index (χ2v) is 6.53. The molecule has 7 heteroatoms. The van der Waals surface area contributed by atoms with Crippen molar-refractivity contribution in [3.63, 3.8) is 0 Å². The van der Waals surface area contributed by atoms with E-state index in [4.69, 9.17) is 4.74 Å². The molecule has 2 aromatic rings. The number of alkyl halides is 3. The van der Waals surface area contributed by atoms with Crippen LogP contribution in [0.25, 0.3) is 0 Å². The van der Waals surface area contributed by atoms with Crippen molar-refractivity contribution in [2.45, 2.75) is 37.3 Å². The number of nitrogens with one attached hydrogen (secondary N) is 1. The highest BCUT2D eigenvalue weighted by Gasteiger charge is 2.41. The molecule has 2 unspecified atom stereocenters. The molecule has 1 N–H and O–H groups in total. The Hall–Kier alpha value is -2.31. The average molecular weight is 352 g/mol. The molecule has 4 rings (SSSR count). The molecule has 0 amide bonds. The molecule has 2 atom stereocenters. The van der Waals surface area contributed by atoms with Crippen molar-refractivity contribution in [1.29, 1.82) is 0 Å². The lowest BCUT2D eigenvalue weighted by atomic mass is 9.91. The Morgan fingerprint density at radius 2 is 1.88 bits per heavy atom. The van der Waals surface area contributed by atoms with Crippen LogP contribution in [-0.2, 0) is 6.18 Å². The van der Waals surface area contributed by atoms with Crippen LogP contribution >= 0.6 is 0 Å². The van der Waals surface area contributed by atoms with Gasteiger partial charge >= 0.3 is 6.18 Å². The Bertz CT molecular complexity index is 835. The van der Waals surface area contributed by atoms with Gasteiger partial charge in [-0.3, -0.25) is 0 Å². The van der Waals surface area contributed by atoms with Gasteiger partial charge in [-0.05, 0) is 54.9 Å². The van der Waals surface area contributed by atoms with Crippen LogP contribution in [0, 0.1) is 5.82 Å². The van der Waals surface area contributed by atoms with E-state index in [0.717, 1.165) is 42.5 Å². The summed E-state index contributed by atoms with van der Waals surface area (Å²) in [6.07, 6.45) is -0.0100. The van der Waals surface area contributed by atoms with Crippen LogP contribution in [0.2, 0.25) is 0 Å². The van der Waals surface area contributed by atoms with Gasteiger partial charge in [0.25, 0.3) is 0 Å². The molecule has 2 aliphatic carbocycles. The van der Waals surface area contributed by atoms with Gasteiger partial charge in [-0.15, -0.1) is 0 Å². The highest BCUT2D eigenvalue weighted by molar-refractivity contribution is 5.69. The van der Waals surface area contributed by atoms with Crippen LogP contribution < -0.4 is 10.1 Å². The summed E-state index contributed by atoms with van der Waals surface area (Å²) in [5.41, 5.74) is 1.70. The highest BCUT2D eigenvalue weighted by Crippen LogP contribution is 2.57. The third kappa shape index (κ3) is 2.62. The number of pyridine rings is 1. The molecular formula is C18H16F4N2O. The lowest BCUT2D eigenvalue weighted by Crippen LogP contribution is -2.10. The standard InChI is InChI=1S/C18H16F4N2O/c1-25-17-16-10-3-2-9(6-10)15(16)14(8-23-17)24-11-4-5-13(19)12(7-11)18(20,21)22/h4-5,7-10,24H,2-3,6H2,1H3. The first-order valence-corrected chi connectivity index (χ1v) is 8.09. The van der Waals surface area contributed by atoms with Crippen LogP contribution in [0.1, 0.15) is 47.8 Å². The first-order chi connectivity index (χ1) is 11.9. The maximum atomic E-state index is 13.5. The zero-order valence-electron chi connectivity index (χ0n) is 13.5. The summed E-state index contributed by atoms with van der Waals surface area (Å²) in [4.78, 5) is 4.29. The summed E-state index contributed by atoms with van der Waals surface area (Å²) in [5, 5.41) is 3.00. The minimum Gasteiger partial charge on any atom is -0.481 e. The third-order valence-corrected chi connectivity index (χ3v) is 5.11. The van der Waals surface area contributed by atoms with Crippen molar-refractivity contribution >= 4 is 11.4 Å². The molecule has 0 aliphatic heterocycles. The van der Waals surface area contributed by atoms with Crippen LogP contribution in [-0.4, -0.2) is 12.1 Å². The van der Waals surface area contributed by atoms with E-state index in [-0.39, 0.29) is 5.69 Å². The Balaban J connectivity index is 1.74. The van der Waals surface area contributed by atoms with Crippen molar-refractivity contribution in [2.75, 3.05) is 12.4 Å². The van der Waals surface area contributed by atoms with Gasteiger partial charge in [-0.1, -0.05) is 0 Å². The normalized spacial score (nSPS) is 21.3. The summed E-state index contributed by atoms with van der Waals surface area (Å²) < 4.78 is 57.6. The minimum atomic E-state index is -4.74. The monoisotopic (exact) mass is 352 g/mol. The Morgan fingerprint density at radius 3 is 2.56 bits per heavy atom. The molecule has 1 aromatic carbocycles. The molecular weight excluding hydrogens is 336 g/mol. The fourth-order valence-electron chi connectivity index (χ4n) is 4.10. The molecule has 3 nitrogen and oxygen atoms in total. The Kier molecular flexibility index (Phi) is 3.63. The topological polar surface area (TPSA) is 34.1 Å². The smallest absolute Gasteiger partial charge is 0.419 e. The van der Waals surface area contributed by atoms with Crippen molar-refractivity contribution in [3.05, 3.63) is 46.9 Å². The summed E-state index contributed by atoms with van der Waals surface area (Å²) in [6, 6.07) is 2.92. The molecule has 2 aliphatic rings. The van der Waals surface area contributed by atoms with Gasteiger partial charge in [0.15, 0.2) is 0 Å². The molecule has 0 spiro atoms. The lowest BCUT2D eigenvalue weighted by molar-refractivity contribution is -0.139. The predicted molar refractivity (Wildman–Crippen MR) is 84.8 cm³/mol. The van der Waals surface area contributed by atoms with E-state index < -0.39 is 17.6 Å². The van der Waals surface area contributed by atoms with E-state index >= 15 is 0 Å². The molecule has 2 bridgehead atoms. The van der Waals surface area contributed by atoms with Gasteiger partial charge in [0.05, 0.1) is 24.6 Å². The molecule has 1 fully saturated rings. The van der Waals surface area contributed by atoms with Crippen LogP contribution in [0.5, 0.6) is 5.88 Å². The van der Waals surface area contributed by atoms with E-state index in [9.17, 15) is 17.6 Å². The minimum absolute atomic E-state index is 0.186. The first-order valence-electron chi connectivity index (χ1n) is 8.09. The molecule has 1 aromatic heterocycles. The number of aromatic nitrogens is 1. The van der Waals surface area contributed by atoms with Gasteiger partial charge < -0.3 is 10.1 Å². The van der Waals surface area contributed by atoms with E-state index in [1.54, 1.807) is 13.3 Å². The molecule has 132 valence electrons. The van der Waals surface area contributed by atoms with Crippen molar-refractivity contribution in [2.24, 2.45) is 0 Å². The second-order valence-electron chi connectivity index (χ2n) is 6.53. The predicted octanol–water partition coefficient (Wildman–Crippen LogP) is 5.36. The average Bonchev–Trinajstić information content (AvgIpc) is 3.18. The molecule has 1 heterocycles. The number of nitrogens with zero attached hydrogens (tertiary/aromatic N) is 1. The van der Waals surface area contributed by atoms with Crippen LogP contribution in [0.15, 0.2) is 24.4 Å². The maximum Gasteiger partial charge on any atom is 0.419 e. The third-order valence-electron chi connectivity index (χ3n) is 5.11. The molecule has 0 radical (unpaired) electrons. The largest absolute Gasteiger partial charge is 0.481 e. The number of hydrogen-bond acceptors (Lipinski definition) is 3. The van der Waals surface area contributed by atoms with Crippen molar-refractivity contribution < 1.29 is 22.3 Å². The van der Waals surface area contributed by atoms with E-state index in [1.165, 1.54) is 6.07 Å². The summed E-state index contributed by atoms with van der Waals surface area (Å²) in [5.74, 6) is 0.0584. The van der Waals surface area contributed by atoms with Gasteiger partial charge in [0, 0.05) is 11.3 Å². The number of methoxy groups -OCH3 is 1. The number of benzene rings is 1. The van der Waals surface area contributed by atoms with Gasteiger partial charge in [0.2, 0.25) is 5.88 Å². The molecule has 0 saturated heterocycles. The highest BCUT2D eigenvalue weighted by atomic mass is 19.4. The zero-order valence-corrected chi connectivity index (χ0v) is 13.5. The fraction of sp³-hybridized carbons (Fsp3) is 0.389. The van der Waals surface area contributed by atoms with E-state index in [2.05, 4.69) is 10.3 Å². The van der Waals surface area contributed by atoms with Crippen molar-refractivity contribution in [1.82, 2.24) is 4.98 Å². The van der Waals surface area contributed by atoms with Crippen molar-refractivity contribution in [3.8, 4) is 5.88 Å². The number of ether oxygens (including phenoxy) is 1. The number of anilines is 2. The SMILES string of the molecule is COc1ncc(Nc2ccc(F)c(C(F)(F)F)c2)c2c1C1CCC2C1. The molecule has 25 heavy (non-hydrogen) atoms. The van der Waals surface area contributed by atoms with Crippen LogP contribution in [0.4, 0.5) is 28.9 Å². The quantitative estimate of drug-likeness (QED) is 0.756. The second kappa shape index (κ2) is 5.61. The fourth-order valence-corrected chi connectivity index (χ4v) is 4.10. The Labute approximate surface area is 142 Å². The lowest BCUT2D eigenvalue weighted by Gasteiger charge is -2.21. The zero-order chi connectivity index (χ0) is 17.8. The summed E-state index contributed by atoms with van der Waals surface area (Å²) in [6.45, 7) is 0. The summed E-state index contributed by atoms with van der Waals surface area (Å²) in [7, 11) is 1.57. The van der Waals surface area contributed by atoms with Gasteiger partial charge in [-0.25, -0.2) is 9.37 Å². The van der Waals surface area contributed by atoms with Gasteiger partial charge in [0.1, 0.15) is 5.82 Å². The first kappa shape index (κ1) is 16.2. The number of rotatable bonds is 3. The number of fused-ring (bicyclic) bond motifs is 5. The van der Waals surface area contributed by atoms with Crippen LogP contribution in [0.3, 0.4) is 0 Å². The van der Waals surface area contributed by atoms with E-state index in [0.29, 0.717) is 23.4 Å². The molecule has 1 saturated carbocycles.